The number of aromatic nitrogens is 2. The summed E-state index contributed by atoms with van der Waals surface area (Å²) in [7, 11) is 1.80. The van der Waals surface area contributed by atoms with Crippen LogP contribution in [0.3, 0.4) is 0 Å². The molecule has 0 spiro atoms. The summed E-state index contributed by atoms with van der Waals surface area (Å²) < 4.78 is 1.99. The standard InChI is InChI=1S/C20H21ClN4O/c1-23(14-16-13-22-19-6-2-3-11-25(16)19)20(26)15-7-8-18(17(21)12-15)24-9-4-5-10-24/h2-3,6-8,11-13H,4-5,9-10,14H2,1H3. The molecule has 1 fully saturated rings. The Bertz CT molecular complexity index is 946. The van der Waals surface area contributed by atoms with Crippen molar-refractivity contribution in [3.05, 3.63) is 65.1 Å². The van der Waals surface area contributed by atoms with E-state index < -0.39 is 0 Å². The number of pyridine rings is 1. The van der Waals surface area contributed by atoms with E-state index in [-0.39, 0.29) is 5.91 Å². The van der Waals surface area contributed by atoms with Crippen LogP contribution in [0.2, 0.25) is 5.02 Å². The lowest BCUT2D eigenvalue weighted by molar-refractivity contribution is 0.0783. The number of fused-ring (bicyclic) bond motifs is 1. The van der Waals surface area contributed by atoms with Crippen LogP contribution in [0.25, 0.3) is 5.65 Å². The minimum Gasteiger partial charge on any atom is -0.370 e. The summed E-state index contributed by atoms with van der Waals surface area (Å²) in [6.07, 6.45) is 6.15. The van der Waals surface area contributed by atoms with Crippen LogP contribution in [-0.2, 0) is 6.54 Å². The van der Waals surface area contributed by atoms with E-state index in [1.54, 1.807) is 18.0 Å². The number of halogens is 1. The van der Waals surface area contributed by atoms with Crippen molar-refractivity contribution >= 4 is 28.8 Å². The summed E-state index contributed by atoms with van der Waals surface area (Å²) in [5.41, 5.74) is 3.47. The van der Waals surface area contributed by atoms with Crippen molar-refractivity contribution in [1.29, 1.82) is 0 Å². The molecule has 0 unspecified atom stereocenters. The molecule has 3 heterocycles. The summed E-state index contributed by atoms with van der Waals surface area (Å²) in [4.78, 5) is 21.2. The fourth-order valence-corrected chi connectivity index (χ4v) is 3.79. The Balaban J connectivity index is 1.52. The lowest BCUT2D eigenvalue weighted by Crippen LogP contribution is -2.27. The lowest BCUT2D eigenvalue weighted by Gasteiger charge is -2.21. The lowest BCUT2D eigenvalue weighted by atomic mass is 10.1. The van der Waals surface area contributed by atoms with Crippen molar-refractivity contribution < 1.29 is 4.79 Å². The summed E-state index contributed by atoms with van der Waals surface area (Å²) >= 11 is 6.45. The largest absolute Gasteiger partial charge is 0.370 e. The minimum atomic E-state index is -0.0502. The van der Waals surface area contributed by atoms with Gasteiger partial charge in [-0.25, -0.2) is 4.98 Å². The van der Waals surface area contributed by atoms with Gasteiger partial charge in [-0.2, -0.15) is 0 Å². The third-order valence-corrected chi connectivity index (χ3v) is 5.18. The van der Waals surface area contributed by atoms with Crippen LogP contribution < -0.4 is 4.90 Å². The van der Waals surface area contributed by atoms with E-state index in [0.717, 1.165) is 30.1 Å². The molecule has 3 aromatic rings. The van der Waals surface area contributed by atoms with Crippen molar-refractivity contribution in [2.45, 2.75) is 19.4 Å². The van der Waals surface area contributed by atoms with E-state index >= 15 is 0 Å². The van der Waals surface area contributed by atoms with E-state index in [4.69, 9.17) is 11.6 Å². The van der Waals surface area contributed by atoms with Gasteiger partial charge in [0.2, 0.25) is 0 Å². The van der Waals surface area contributed by atoms with Crippen LogP contribution in [0.5, 0.6) is 0 Å². The molecule has 26 heavy (non-hydrogen) atoms. The minimum absolute atomic E-state index is 0.0502. The molecule has 5 nitrogen and oxygen atoms in total. The third kappa shape index (κ3) is 3.15. The highest BCUT2D eigenvalue weighted by Gasteiger charge is 2.19. The Morgan fingerprint density at radius 3 is 2.81 bits per heavy atom. The number of benzene rings is 1. The summed E-state index contributed by atoms with van der Waals surface area (Å²) in [6, 6.07) is 11.5. The van der Waals surface area contributed by atoms with Gasteiger partial charge in [0.15, 0.2) is 0 Å². The van der Waals surface area contributed by atoms with Gasteiger partial charge in [-0.15, -0.1) is 0 Å². The fourth-order valence-electron chi connectivity index (χ4n) is 3.49. The van der Waals surface area contributed by atoms with E-state index in [1.165, 1.54) is 12.8 Å². The van der Waals surface area contributed by atoms with Gasteiger partial charge in [0, 0.05) is 31.9 Å². The van der Waals surface area contributed by atoms with Gasteiger partial charge < -0.3 is 14.2 Å². The van der Waals surface area contributed by atoms with Gasteiger partial charge in [0.1, 0.15) is 5.65 Å². The molecular formula is C20H21ClN4O. The quantitative estimate of drug-likeness (QED) is 0.702. The second kappa shape index (κ2) is 7.00. The predicted octanol–water partition coefficient (Wildman–Crippen LogP) is 3.86. The fraction of sp³-hybridized carbons (Fsp3) is 0.300. The molecule has 1 amide bonds. The maximum absolute atomic E-state index is 12.8. The topological polar surface area (TPSA) is 40.9 Å². The first-order valence-corrected chi connectivity index (χ1v) is 9.22. The molecule has 4 rings (SSSR count). The number of rotatable bonds is 4. The highest BCUT2D eigenvalue weighted by atomic mass is 35.5. The van der Waals surface area contributed by atoms with Gasteiger partial charge >= 0.3 is 0 Å². The van der Waals surface area contributed by atoms with Crippen LogP contribution in [0.4, 0.5) is 5.69 Å². The Labute approximate surface area is 157 Å². The van der Waals surface area contributed by atoms with Crippen LogP contribution in [-0.4, -0.2) is 40.3 Å². The first-order chi connectivity index (χ1) is 12.6. The monoisotopic (exact) mass is 368 g/mol. The molecule has 1 aliphatic rings. The van der Waals surface area contributed by atoms with Gasteiger partial charge in [-0.3, -0.25) is 4.79 Å². The number of nitrogens with zero attached hydrogens (tertiary/aromatic N) is 4. The average Bonchev–Trinajstić information content (AvgIpc) is 3.31. The van der Waals surface area contributed by atoms with Gasteiger partial charge in [0.05, 0.1) is 29.1 Å². The molecule has 0 N–H and O–H groups in total. The molecule has 134 valence electrons. The zero-order chi connectivity index (χ0) is 18.1. The van der Waals surface area contributed by atoms with E-state index in [2.05, 4.69) is 9.88 Å². The highest BCUT2D eigenvalue weighted by molar-refractivity contribution is 6.33. The molecule has 0 atom stereocenters. The van der Waals surface area contributed by atoms with E-state index in [0.29, 0.717) is 17.1 Å². The predicted molar refractivity (Wildman–Crippen MR) is 104 cm³/mol. The summed E-state index contributed by atoms with van der Waals surface area (Å²) in [5.74, 6) is -0.0502. The van der Waals surface area contributed by atoms with Crippen molar-refractivity contribution in [2.24, 2.45) is 0 Å². The Morgan fingerprint density at radius 2 is 2.04 bits per heavy atom. The van der Waals surface area contributed by atoms with Crippen LogP contribution in [0.15, 0.2) is 48.8 Å². The number of imidazole rings is 1. The third-order valence-electron chi connectivity index (χ3n) is 4.88. The average molecular weight is 369 g/mol. The van der Waals surface area contributed by atoms with Crippen molar-refractivity contribution in [3.63, 3.8) is 0 Å². The Morgan fingerprint density at radius 1 is 1.23 bits per heavy atom. The Kier molecular flexibility index (Phi) is 4.55. The molecule has 0 radical (unpaired) electrons. The Hall–Kier alpha value is -2.53. The molecule has 0 saturated carbocycles. The van der Waals surface area contributed by atoms with Gasteiger partial charge in [-0.05, 0) is 43.2 Å². The zero-order valence-corrected chi connectivity index (χ0v) is 15.5. The molecular weight excluding hydrogens is 348 g/mol. The van der Waals surface area contributed by atoms with Crippen molar-refractivity contribution in [1.82, 2.24) is 14.3 Å². The van der Waals surface area contributed by atoms with Gasteiger partial charge in [-0.1, -0.05) is 17.7 Å². The van der Waals surface area contributed by atoms with E-state index in [9.17, 15) is 4.79 Å². The molecule has 1 aliphatic heterocycles. The smallest absolute Gasteiger partial charge is 0.254 e. The summed E-state index contributed by atoms with van der Waals surface area (Å²) in [6.45, 7) is 2.54. The van der Waals surface area contributed by atoms with Crippen molar-refractivity contribution in [3.8, 4) is 0 Å². The van der Waals surface area contributed by atoms with Crippen LogP contribution >= 0.6 is 11.6 Å². The highest BCUT2D eigenvalue weighted by Crippen LogP contribution is 2.30. The number of hydrogen-bond donors (Lipinski definition) is 0. The van der Waals surface area contributed by atoms with E-state index in [1.807, 2.05) is 47.1 Å². The van der Waals surface area contributed by atoms with Crippen molar-refractivity contribution in [2.75, 3.05) is 25.0 Å². The van der Waals surface area contributed by atoms with Crippen LogP contribution in [0, 0.1) is 0 Å². The maximum atomic E-state index is 12.8. The number of hydrogen-bond acceptors (Lipinski definition) is 3. The first-order valence-electron chi connectivity index (χ1n) is 8.84. The zero-order valence-electron chi connectivity index (χ0n) is 14.7. The SMILES string of the molecule is CN(Cc1cnc2ccccn12)C(=O)c1ccc(N2CCCC2)c(Cl)c1. The molecule has 0 bridgehead atoms. The molecule has 1 aromatic carbocycles. The first kappa shape index (κ1) is 16.9. The second-order valence-electron chi connectivity index (χ2n) is 6.70. The molecule has 0 aliphatic carbocycles. The molecule has 6 heteroatoms. The number of anilines is 1. The number of amides is 1. The normalized spacial score (nSPS) is 14.2. The number of carbonyl (C=O) groups excluding carboxylic acids is 1. The van der Waals surface area contributed by atoms with Gasteiger partial charge in [0.25, 0.3) is 5.91 Å². The van der Waals surface area contributed by atoms with Crippen LogP contribution in [0.1, 0.15) is 28.9 Å². The molecule has 2 aromatic heterocycles. The summed E-state index contributed by atoms with van der Waals surface area (Å²) in [5, 5.41) is 0.640. The maximum Gasteiger partial charge on any atom is 0.254 e. The number of carbonyl (C=O) groups is 1. The molecule has 1 saturated heterocycles. The second-order valence-corrected chi connectivity index (χ2v) is 7.11.